The van der Waals surface area contributed by atoms with Crippen molar-refractivity contribution in [3.05, 3.63) is 20.8 Å². The SMILES string of the molecule is CONC(C)c1sccc1Br. The largest absolute Gasteiger partial charge is 0.305 e. The molecule has 0 aliphatic carbocycles. The Kier molecular flexibility index (Phi) is 3.51. The van der Waals surface area contributed by atoms with Crippen molar-refractivity contribution in [1.29, 1.82) is 0 Å². The van der Waals surface area contributed by atoms with E-state index in [1.54, 1.807) is 18.4 Å². The van der Waals surface area contributed by atoms with Gasteiger partial charge in [0, 0.05) is 9.35 Å². The molecule has 0 amide bonds. The van der Waals surface area contributed by atoms with E-state index in [-0.39, 0.29) is 6.04 Å². The predicted molar refractivity (Wildman–Crippen MR) is 50.6 cm³/mol. The second-order valence-corrected chi connectivity index (χ2v) is 3.98. The van der Waals surface area contributed by atoms with Gasteiger partial charge in [0.15, 0.2) is 0 Å². The van der Waals surface area contributed by atoms with Crippen molar-refractivity contribution >= 4 is 27.3 Å². The summed E-state index contributed by atoms with van der Waals surface area (Å²) in [7, 11) is 1.62. The van der Waals surface area contributed by atoms with E-state index in [0.29, 0.717) is 0 Å². The summed E-state index contributed by atoms with van der Waals surface area (Å²) < 4.78 is 1.14. The Hall–Kier alpha value is 0.100. The zero-order valence-electron chi connectivity index (χ0n) is 6.43. The van der Waals surface area contributed by atoms with Gasteiger partial charge in [-0.1, -0.05) is 0 Å². The third kappa shape index (κ3) is 2.27. The third-order valence-corrected chi connectivity index (χ3v) is 3.39. The molecule has 62 valence electrons. The molecule has 1 aromatic heterocycles. The highest BCUT2D eigenvalue weighted by Gasteiger charge is 2.08. The van der Waals surface area contributed by atoms with Crippen LogP contribution < -0.4 is 5.48 Å². The van der Waals surface area contributed by atoms with E-state index in [0.717, 1.165) is 4.47 Å². The van der Waals surface area contributed by atoms with Crippen molar-refractivity contribution in [2.75, 3.05) is 7.11 Å². The Morgan fingerprint density at radius 3 is 2.91 bits per heavy atom. The van der Waals surface area contributed by atoms with Gasteiger partial charge in [0.1, 0.15) is 0 Å². The molecule has 1 unspecified atom stereocenters. The van der Waals surface area contributed by atoms with Crippen LogP contribution in [0.15, 0.2) is 15.9 Å². The highest BCUT2D eigenvalue weighted by Crippen LogP contribution is 2.28. The van der Waals surface area contributed by atoms with Crippen molar-refractivity contribution in [3.8, 4) is 0 Å². The third-order valence-electron chi connectivity index (χ3n) is 1.33. The summed E-state index contributed by atoms with van der Waals surface area (Å²) in [6, 6.07) is 2.28. The van der Waals surface area contributed by atoms with Gasteiger partial charge in [-0.05, 0) is 34.3 Å². The molecule has 1 rings (SSSR count). The van der Waals surface area contributed by atoms with Gasteiger partial charge in [0.05, 0.1) is 13.2 Å². The fourth-order valence-electron chi connectivity index (χ4n) is 0.845. The molecule has 2 nitrogen and oxygen atoms in total. The van der Waals surface area contributed by atoms with Gasteiger partial charge in [0.25, 0.3) is 0 Å². The number of thiophene rings is 1. The molecule has 0 fully saturated rings. The molecule has 0 spiro atoms. The lowest BCUT2D eigenvalue weighted by atomic mass is 10.3. The first kappa shape index (κ1) is 9.19. The average Bonchev–Trinajstić information content (AvgIpc) is 2.36. The summed E-state index contributed by atoms with van der Waals surface area (Å²) in [6.45, 7) is 2.06. The molecule has 0 aliphatic heterocycles. The summed E-state index contributed by atoms with van der Waals surface area (Å²) >= 11 is 5.16. The number of hydrogen-bond donors (Lipinski definition) is 1. The highest BCUT2D eigenvalue weighted by molar-refractivity contribution is 9.10. The van der Waals surface area contributed by atoms with E-state index in [4.69, 9.17) is 4.84 Å². The van der Waals surface area contributed by atoms with Gasteiger partial charge in [-0.3, -0.25) is 0 Å². The van der Waals surface area contributed by atoms with Crippen LogP contribution in [0.25, 0.3) is 0 Å². The van der Waals surface area contributed by atoms with Crippen molar-refractivity contribution in [2.24, 2.45) is 0 Å². The lowest BCUT2D eigenvalue weighted by Gasteiger charge is -2.09. The van der Waals surface area contributed by atoms with Crippen LogP contribution in [-0.4, -0.2) is 7.11 Å². The quantitative estimate of drug-likeness (QED) is 0.814. The molecule has 4 heteroatoms. The number of nitrogens with one attached hydrogen (secondary N) is 1. The molecule has 1 N–H and O–H groups in total. The second kappa shape index (κ2) is 4.21. The van der Waals surface area contributed by atoms with Crippen LogP contribution in [0.1, 0.15) is 17.8 Å². The molecule has 1 aromatic rings. The van der Waals surface area contributed by atoms with Crippen molar-refractivity contribution in [1.82, 2.24) is 5.48 Å². The summed E-state index contributed by atoms with van der Waals surface area (Å²) in [6.07, 6.45) is 0. The van der Waals surface area contributed by atoms with E-state index in [9.17, 15) is 0 Å². The zero-order valence-corrected chi connectivity index (χ0v) is 8.83. The number of hydrogen-bond acceptors (Lipinski definition) is 3. The fourth-order valence-corrected chi connectivity index (χ4v) is 2.56. The molecular formula is C7H10BrNOS. The lowest BCUT2D eigenvalue weighted by Crippen LogP contribution is -2.15. The normalized spacial score (nSPS) is 13.4. The Bertz CT molecular complexity index is 226. The summed E-state index contributed by atoms with van der Waals surface area (Å²) in [5, 5.41) is 2.05. The van der Waals surface area contributed by atoms with Gasteiger partial charge in [-0.2, -0.15) is 5.48 Å². The smallest absolute Gasteiger partial charge is 0.0647 e. The average molecular weight is 236 g/mol. The van der Waals surface area contributed by atoms with E-state index in [2.05, 4.69) is 28.3 Å². The maximum absolute atomic E-state index is 4.82. The molecule has 0 saturated carbocycles. The Morgan fingerprint density at radius 2 is 2.45 bits per heavy atom. The number of hydroxylamine groups is 1. The van der Waals surface area contributed by atoms with Crippen molar-refractivity contribution in [3.63, 3.8) is 0 Å². The molecule has 0 aromatic carbocycles. The summed E-state index contributed by atoms with van der Waals surface area (Å²) in [5.41, 5.74) is 2.87. The van der Waals surface area contributed by atoms with Gasteiger partial charge in [-0.25, -0.2) is 0 Å². The van der Waals surface area contributed by atoms with E-state index < -0.39 is 0 Å². The van der Waals surface area contributed by atoms with Gasteiger partial charge >= 0.3 is 0 Å². The fraction of sp³-hybridized carbons (Fsp3) is 0.429. The Labute approximate surface area is 78.7 Å². The maximum Gasteiger partial charge on any atom is 0.0647 e. The molecule has 1 heterocycles. The minimum absolute atomic E-state index is 0.245. The second-order valence-electron chi connectivity index (χ2n) is 2.18. The van der Waals surface area contributed by atoms with E-state index >= 15 is 0 Å². The molecule has 0 aliphatic rings. The topological polar surface area (TPSA) is 21.3 Å². The number of rotatable bonds is 3. The first-order valence-corrected chi connectivity index (χ1v) is 4.94. The first-order valence-electron chi connectivity index (χ1n) is 3.27. The van der Waals surface area contributed by atoms with Gasteiger partial charge in [-0.15, -0.1) is 11.3 Å². The van der Waals surface area contributed by atoms with Crippen LogP contribution in [0.2, 0.25) is 0 Å². The van der Waals surface area contributed by atoms with Gasteiger partial charge in [0.2, 0.25) is 0 Å². The standard InChI is InChI=1S/C7H10BrNOS/c1-5(9-10-2)7-6(8)3-4-11-7/h3-5,9H,1-2H3. The van der Waals surface area contributed by atoms with Crippen molar-refractivity contribution in [2.45, 2.75) is 13.0 Å². The Balaban J connectivity index is 2.67. The van der Waals surface area contributed by atoms with E-state index in [1.165, 1.54) is 4.88 Å². The minimum Gasteiger partial charge on any atom is -0.305 e. The first-order chi connectivity index (χ1) is 5.25. The Morgan fingerprint density at radius 1 is 1.73 bits per heavy atom. The highest BCUT2D eigenvalue weighted by atomic mass is 79.9. The van der Waals surface area contributed by atoms with Crippen LogP contribution in [0.3, 0.4) is 0 Å². The van der Waals surface area contributed by atoms with Crippen LogP contribution in [0.4, 0.5) is 0 Å². The summed E-state index contributed by atoms with van der Waals surface area (Å²) in [5.74, 6) is 0. The molecular weight excluding hydrogens is 226 g/mol. The summed E-state index contributed by atoms with van der Waals surface area (Å²) in [4.78, 5) is 6.07. The van der Waals surface area contributed by atoms with Crippen molar-refractivity contribution < 1.29 is 4.84 Å². The lowest BCUT2D eigenvalue weighted by molar-refractivity contribution is 0.0667. The molecule has 0 bridgehead atoms. The van der Waals surface area contributed by atoms with Gasteiger partial charge < -0.3 is 4.84 Å². The molecule has 1 atom stereocenters. The van der Waals surface area contributed by atoms with Crippen LogP contribution in [0.5, 0.6) is 0 Å². The molecule has 11 heavy (non-hydrogen) atoms. The minimum atomic E-state index is 0.245. The van der Waals surface area contributed by atoms with E-state index in [1.807, 2.05) is 11.4 Å². The molecule has 0 saturated heterocycles. The maximum atomic E-state index is 4.82. The number of halogens is 1. The predicted octanol–water partition coefficient (Wildman–Crippen LogP) is 2.72. The zero-order chi connectivity index (χ0) is 8.27. The van der Waals surface area contributed by atoms with Crippen LogP contribution in [0, 0.1) is 0 Å². The van der Waals surface area contributed by atoms with Crippen LogP contribution in [-0.2, 0) is 4.84 Å². The molecule has 0 radical (unpaired) electrons. The van der Waals surface area contributed by atoms with Crippen LogP contribution >= 0.6 is 27.3 Å². The monoisotopic (exact) mass is 235 g/mol.